The fourth-order valence-electron chi connectivity index (χ4n) is 2.49. The fraction of sp³-hybridized carbons (Fsp3) is 0.364. The van der Waals surface area contributed by atoms with Gasteiger partial charge in [-0.3, -0.25) is 0 Å². The van der Waals surface area contributed by atoms with Gasteiger partial charge in [0.2, 0.25) is 5.88 Å². The molecule has 0 unspecified atom stereocenters. The standard InChI is InChI=1S/C22H26N2O2/c1-5-14-25-17-12-10-16(11-13-17)20-23-19-9-7-6-8-18(19)21(24-20)26-15-22(2,3)4/h6-13H,5,14-15H2,1-4H3. The van der Waals surface area contributed by atoms with Gasteiger partial charge in [0.25, 0.3) is 0 Å². The van der Waals surface area contributed by atoms with Gasteiger partial charge in [0.1, 0.15) is 5.75 Å². The number of ether oxygens (including phenoxy) is 2. The average molecular weight is 350 g/mol. The number of nitrogens with zero attached hydrogens (tertiary/aromatic N) is 2. The van der Waals surface area contributed by atoms with Crippen LogP contribution in [0.1, 0.15) is 34.1 Å². The molecule has 26 heavy (non-hydrogen) atoms. The van der Waals surface area contributed by atoms with Crippen LogP contribution in [-0.2, 0) is 0 Å². The predicted molar refractivity (Wildman–Crippen MR) is 106 cm³/mol. The molecule has 3 aromatic rings. The first-order chi connectivity index (χ1) is 12.5. The lowest BCUT2D eigenvalue weighted by Crippen LogP contribution is -2.17. The lowest BCUT2D eigenvalue weighted by molar-refractivity contribution is 0.194. The number of fused-ring (bicyclic) bond motifs is 1. The van der Waals surface area contributed by atoms with Crippen molar-refractivity contribution in [3.05, 3.63) is 48.5 Å². The zero-order valence-corrected chi connectivity index (χ0v) is 16.0. The number of hydrogen-bond acceptors (Lipinski definition) is 4. The fourth-order valence-corrected chi connectivity index (χ4v) is 2.49. The molecule has 3 rings (SSSR count). The van der Waals surface area contributed by atoms with Crippen molar-refractivity contribution < 1.29 is 9.47 Å². The van der Waals surface area contributed by atoms with Crippen LogP contribution >= 0.6 is 0 Å². The molecular weight excluding hydrogens is 324 g/mol. The molecule has 0 bridgehead atoms. The smallest absolute Gasteiger partial charge is 0.225 e. The summed E-state index contributed by atoms with van der Waals surface area (Å²) in [7, 11) is 0. The van der Waals surface area contributed by atoms with E-state index in [-0.39, 0.29) is 5.41 Å². The van der Waals surface area contributed by atoms with E-state index >= 15 is 0 Å². The monoisotopic (exact) mass is 350 g/mol. The molecule has 0 atom stereocenters. The minimum atomic E-state index is 0.0600. The Morgan fingerprint density at radius 3 is 2.31 bits per heavy atom. The summed E-state index contributed by atoms with van der Waals surface area (Å²) in [5, 5.41) is 0.934. The Balaban J connectivity index is 1.95. The summed E-state index contributed by atoms with van der Waals surface area (Å²) in [6, 6.07) is 15.8. The van der Waals surface area contributed by atoms with Gasteiger partial charge in [-0.05, 0) is 48.2 Å². The van der Waals surface area contributed by atoms with Crippen LogP contribution in [0.25, 0.3) is 22.3 Å². The summed E-state index contributed by atoms with van der Waals surface area (Å²) in [6.45, 7) is 9.84. The van der Waals surface area contributed by atoms with E-state index in [1.807, 2.05) is 48.5 Å². The van der Waals surface area contributed by atoms with Crippen LogP contribution in [0.15, 0.2) is 48.5 Å². The number of para-hydroxylation sites is 1. The van der Waals surface area contributed by atoms with Crippen LogP contribution < -0.4 is 9.47 Å². The molecule has 0 saturated carbocycles. The van der Waals surface area contributed by atoms with Crippen LogP contribution in [0, 0.1) is 5.41 Å². The molecular formula is C22H26N2O2. The Morgan fingerprint density at radius 2 is 1.62 bits per heavy atom. The highest BCUT2D eigenvalue weighted by molar-refractivity contribution is 5.85. The SMILES string of the molecule is CCCOc1ccc(-c2nc(OCC(C)(C)C)c3ccccc3n2)cc1. The summed E-state index contributed by atoms with van der Waals surface area (Å²) in [6.07, 6.45) is 0.990. The number of aromatic nitrogens is 2. The van der Waals surface area contributed by atoms with E-state index in [1.165, 1.54) is 0 Å². The molecule has 0 fully saturated rings. The maximum atomic E-state index is 6.05. The van der Waals surface area contributed by atoms with Gasteiger partial charge in [0, 0.05) is 5.56 Å². The molecule has 4 heteroatoms. The van der Waals surface area contributed by atoms with Crippen molar-refractivity contribution in [3.63, 3.8) is 0 Å². The third-order valence-electron chi connectivity index (χ3n) is 3.80. The summed E-state index contributed by atoms with van der Waals surface area (Å²) in [5.74, 6) is 2.15. The first-order valence-corrected chi connectivity index (χ1v) is 9.09. The molecule has 0 saturated heterocycles. The highest BCUT2D eigenvalue weighted by atomic mass is 16.5. The van der Waals surface area contributed by atoms with Gasteiger partial charge >= 0.3 is 0 Å². The average Bonchev–Trinajstić information content (AvgIpc) is 2.64. The molecule has 4 nitrogen and oxygen atoms in total. The minimum absolute atomic E-state index is 0.0600. The van der Waals surface area contributed by atoms with Crippen molar-refractivity contribution in [2.75, 3.05) is 13.2 Å². The number of hydrogen-bond donors (Lipinski definition) is 0. The summed E-state index contributed by atoms with van der Waals surface area (Å²) >= 11 is 0. The molecule has 136 valence electrons. The molecule has 2 aromatic carbocycles. The Morgan fingerprint density at radius 1 is 0.885 bits per heavy atom. The molecule has 0 N–H and O–H groups in total. The second kappa shape index (κ2) is 7.73. The van der Waals surface area contributed by atoms with E-state index in [9.17, 15) is 0 Å². The van der Waals surface area contributed by atoms with E-state index in [0.29, 0.717) is 18.3 Å². The number of rotatable bonds is 6. The molecule has 0 radical (unpaired) electrons. The van der Waals surface area contributed by atoms with Crippen molar-refractivity contribution in [1.29, 1.82) is 0 Å². The van der Waals surface area contributed by atoms with Crippen molar-refractivity contribution in [1.82, 2.24) is 9.97 Å². The van der Waals surface area contributed by atoms with E-state index in [4.69, 9.17) is 19.4 Å². The van der Waals surface area contributed by atoms with Crippen molar-refractivity contribution in [2.45, 2.75) is 34.1 Å². The first kappa shape index (κ1) is 18.2. The predicted octanol–water partition coefficient (Wildman–Crippen LogP) is 5.51. The summed E-state index contributed by atoms with van der Waals surface area (Å²) < 4.78 is 11.7. The normalized spacial score (nSPS) is 11.5. The molecule has 0 aliphatic heterocycles. The zero-order valence-electron chi connectivity index (χ0n) is 16.0. The molecule has 0 aliphatic rings. The Bertz CT molecular complexity index is 867. The quantitative estimate of drug-likeness (QED) is 0.588. The van der Waals surface area contributed by atoms with E-state index in [1.54, 1.807) is 0 Å². The summed E-state index contributed by atoms with van der Waals surface area (Å²) in [4.78, 5) is 9.40. The summed E-state index contributed by atoms with van der Waals surface area (Å²) in [5.41, 5.74) is 1.89. The largest absolute Gasteiger partial charge is 0.494 e. The third kappa shape index (κ3) is 4.51. The molecule has 0 spiro atoms. The van der Waals surface area contributed by atoms with Gasteiger partial charge in [-0.25, -0.2) is 4.98 Å². The van der Waals surface area contributed by atoms with Gasteiger partial charge in [0.05, 0.1) is 24.1 Å². The van der Waals surface area contributed by atoms with Crippen LogP contribution in [0.5, 0.6) is 11.6 Å². The van der Waals surface area contributed by atoms with Crippen LogP contribution in [0.3, 0.4) is 0 Å². The van der Waals surface area contributed by atoms with E-state index in [0.717, 1.165) is 35.2 Å². The van der Waals surface area contributed by atoms with E-state index < -0.39 is 0 Å². The topological polar surface area (TPSA) is 44.2 Å². The molecule has 1 heterocycles. The first-order valence-electron chi connectivity index (χ1n) is 9.09. The Kier molecular flexibility index (Phi) is 5.40. The van der Waals surface area contributed by atoms with Crippen molar-refractivity contribution in [2.24, 2.45) is 5.41 Å². The molecule has 1 aromatic heterocycles. The second-order valence-corrected chi connectivity index (χ2v) is 7.59. The highest BCUT2D eigenvalue weighted by Gasteiger charge is 2.15. The third-order valence-corrected chi connectivity index (χ3v) is 3.80. The second-order valence-electron chi connectivity index (χ2n) is 7.59. The lowest BCUT2D eigenvalue weighted by Gasteiger charge is -2.19. The van der Waals surface area contributed by atoms with Gasteiger partial charge in [0.15, 0.2) is 5.82 Å². The molecule has 0 amide bonds. The zero-order chi connectivity index (χ0) is 18.6. The molecule has 0 aliphatic carbocycles. The lowest BCUT2D eigenvalue weighted by atomic mass is 9.99. The Hall–Kier alpha value is -2.62. The van der Waals surface area contributed by atoms with Crippen LogP contribution in [0.2, 0.25) is 0 Å². The minimum Gasteiger partial charge on any atom is -0.494 e. The maximum Gasteiger partial charge on any atom is 0.225 e. The van der Waals surface area contributed by atoms with Crippen molar-refractivity contribution >= 4 is 10.9 Å². The van der Waals surface area contributed by atoms with Crippen LogP contribution in [0.4, 0.5) is 0 Å². The van der Waals surface area contributed by atoms with Gasteiger partial charge in [-0.15, -0.1) is 0 Å². The Labute approximate surface area is 155 Å². The van der Waals surface area contributed by atoms with Gasteiger partial charge < -0.3 is 9.47 Å². The van der Waals surface area contributed by atoms with Gasteiger partial charge in [-0.2, -0.15) is 4.98 Å². The van der Waals surface area contributed by atoms with Crippen molar-refractivity contribution in [3.8, 4) is 23.0 Å². The van der Waals surface area contributed by atoms with E-state index in [2.05, 4.69) is 27.7 Å². The maximum absolute atomic E-state index is 6.05. The van der Waals surface area contributed by atoms with Gasteiger partial charge in [-0.1, -0.05) is 39.8 Å². The van der Waals surface area contributed by atoms with Crippen LogP contribution in [-0.4, -0.2) is 23.2 Å². The highest BCUT2D eigenvalue weighted by Crippen LogP contribution is 2.28. The number of benzene rings is 2.